The zero-order valence-electron chi connectivity index (χ0n) is 21.1. The van der Waals surface area contributed by atoms with Gasteiger partial charge in [0.15, 0.2) is 0 Å². The number of para-hydroxylation sites is 3. The maximum absolute atomic E-state index is 6.40. The third-order valence-corrected chi connectivity index (χ3v) is 9.47. The predicted octanol–water partition coefficient (Wildman–Crippen LogP) is 10.8. The number of allylic oxidation sites excluding steroid dienone is 4. The van der Waals surface area contributed by atoms with Crippen molar-refractivity contribution in [2.24, 2.45) is 0 Å². The first-order valence-corrected chi connectivity index (χ1v) is 14.3. The molecule has 9 rings (SSSR count). The van der Waals surface area contributed by atoms with Crippen molar-refractivity contribution in [3.63, 3.8) is 0 Å². The van der Waals surface area contributed by atoms with Crippen LogP contribution in [0.4, 0.5) is 0 Å². The number of aromatic nitrogens is 1. The van der Waals surface area contributed by atoms with Gasteiger partial charge in [-0.2, -0.15) is 0 Å². The number of benzene rings is 5. The summed E-state index contributed by atoms with van der Waals surface area (Å²) in [5.74, 6) is 0. The highest BCUT2D eigenvalue weighted by atomic mass is 32.1. The van der Waals surface area contributed by atoms with E-state index >= 15 is 0 Å². The van der Waals surface area contributed by atoms with Gasteiger partial charge in [-0.25, -0.2) is 0 Å². The van der Waals surface area contributed by atoms with Gasteiger partial charge >= 0.3 is 0 Å². The van der Waals surface area contributed by atoms with Crippen LogP contribution in [0.2, 0.25) is 0 Å². The van der Waals surface area contributed by atoms with Crippen molar-refractivity contribution in [1.82, 2.24) is 4.57 Å². The van der Waals surface area contributed by atoms with Gasteiger partial charge in [0.1, 0.15) is 11.2 Å². The minimum Gasteiger partial charge on any atom is -0.455 e. The van der Waals surface area contributed by atoms with E-state index in [1.54, 1.807) is 0 Å². The number of furan rings is 1. The van der Waals surface area contributed by atoms with Crippen LogP contribution < -0.4 is 0 Å². The molecule has 39 heavy (non-hydrogen) atoms. The van der Waals surface area contributed by atoms with Crippen LogP contribution in [0.15, 0.2) is 120 Å². The smallest absolute Gasteiger partial charge is 0.143 e. The van der Waals surface area contributed by atoms with Crippen LogP contribution in [-0.2, 0) is 0 Å². The Balaban J connectivity index is 1.30. The molecular formula is C36H23NOS. The maximum atomic E-state index is 6.40. The molecule has 0 unspecified atom stereocenters. The lowest BCUT2D eigenvalue weighted by Crippen LogP contribution is -2.01. The summed E-state index contributed by atoms with van der Waals surface area (Å²) in [7, 11) is 0. The standard InChI is InChI=1S/C36H23NOS/c1-4-16-30-29(13-1)34-31(20-19-28-26-12-3-6-18-33(26)39-36(28)34)37(30)23-10-7-9-22(21-23)24-14-8-15-27-25-11-2-5-17-32(25)38-35(24)27/h1-6,8-9,11-21H,7,10H2. The molecule has 0 radical (unpaired) electrons. The highest BCUT2D eigenvalue weighted by Crippen LogP contribution is 2.44. The first kappa shape index (κ1) is 21.3. The number of rotatable bonds is 2. The molecule has 0 fully saturated rings. The summed E-state index contributed by atoms with van der Waals surface area (Å²) < 4.78 is 11.6. The molecule has 0 bridgehead atoms. The highest BCUT2D eigenvalue weighted by Gasteiger charge is 2.20. The van der Waals surface area contributed by atoms with Crippen molar-refractivity contribution in [1.29, 1.82) is 0 Å². The average molecular weight is 518 g/mol. The molecular weight excluding hydrogens is 494 g/mol. The molecule has 5 aromatic carbocycles. The number of hydrogen-bond acceptors (Lipinski definition) is 2. The molecule has 0 saturated carbocycles. The van der Waals surface area contributed by atoms with Gasteiger partial charge in [-0.05, 0) is 48.8 Å². The van der Waals surface area contributed by atoms with Gasteiger partial charge in [0.2, 0.25) is 0 Å². The second kappa shape index (κ2) is 7.95. The van der Waals surface area contributed by atoms with Crippen molar-refractivity contribution in [3.8, 4) is 0 Å². The van der Waals surface area contributed by atoms with Crippen molar-refractivity contribution in [2.75, 3.05) is 0 Å². The van der Waals surface area contributed by atoms with E-state index in [0.717, 1.165) is 29.6 Å². The third kappa shape index (κ3) is 2.96. The summed E-state index contributed by atoms with van der Waals surface area (Å²) in [6, 6.07) is 37.2. The van der Waals surface area contributed by atoms with Gasteiger partial charge in [-0.1, -0.05) is 84.9 Å². The average Bonchev–Trinajstić information content (AvgIpc) is 3.66. The summed E-state index contributed by atoms with van der Waals surface area (Å²) in [4.78, 5) is 0. The van der Waals surface area contributed by atoms with E-state index in [-0.39, 0.29) is 0 Å². The van der Waals surface area contributed by atoms with E-state index in [4.69, 9.17) is 4.42 Å². The molecule has 1 aliphatic carbocycles. The van der Waals surface area contributed by atoms with E-state index in [2.05, 4.69) is 114 Å². The lowest BCUT2D eigenvalue weighted by molar-refractivity contribution is 0.667. The van der Waals surface area contributed by atoms with E-state index in [0.29, 0.717) is 0 Å². The molecule has 0 saturated heterocycles. The summed E-state index contributed by atoms with van der Waals surface area (Å²) in [5, 5.41) is 7.72. The van der Waals surface area contributed by atoms with Crippen LogP contribution in [0.1, 0.15) is 18.4 Å². The molecule has 3 heteroatoms. The first-order valence-electron chi connectivity index (χ1n) is 13.5. The van der Waals surface area contributed by atoms with Gasteiger partial charge < -0.3 is 8.98 Å². The minimum atomic E-state index is 0.940. The van der Waals surface area contributed by atoms with E-state index in [9.17, 15) is 0 Å². The summed E-state index contributed by atoms with van der Waals surface area (Å²) >= 11 is 1.91. The van der Waals surface area contributed by atoms with E-state index in [1.165, 1.54) is 64.0 Å². The molecule has 0 aliphatic heterocycles. The normalized spacial score (nSPS) is 14.3. The van der Waals surface area contributed by atoms with Gasteiger partial charge in [-0.15, -0.1) is 11.3 Å². The van der Waals surface area contributed by atoms with Gasteiger partial charge in [0, 0.05) is 53.0 Å². The quantitative estimate of drug-likeness (QED) is 0.223. The number of hydrogen-bond donors (Lipinski definition) is 0. The largest absolute Gasteiger partial charge is 0.455 e. The van der Waals surface area contributed by atoms with E-state index in [1.807, 2.05) is 17.4 Å². The van der Waals surface area contributed by atoms with Crippen LogP contribution in [0.3, 0.4) is 0 Å². The summed E-state index contributed by atoms with van der Waals surface area (Å²) in [6.45, 7) is 0. The molecule has 1 aliphatic rings. The molecule has 0 spiro atoms. The fraction of sp³-hybridized carbons (Fsp3) is 0.0556. The van der Waals surface area contributed by atoms with Crippen LogP contribution in [0, 0.1) is 0 Å². The Hall–Kier alpha value is -4.60. The summed E-state index contributed by atoms with van der Waals surface area (Å²) in [6.07, 6.45) is 6.74. The highest BCUT2D eigenvalue weighted by molar-refractivity contribution is 7.26. The van der Waals surface area contributed by atoms with Crippen LogP contribution in [0.5, 0.6) is 0 Å². The summed E-state index contributed by atoms with van der Waals surface area (Å²) in [5.41, 5.74) is 8.18. The van der Waals surface area contributed by atoms with Crippen molar-refractivity contribution in [3.05, 3.63) is 121 Å². The fourth-order valence-corrected chi connectivity index (χ4v) is 7.83. The Morgan fingerprint density at radius 2 is 1.44 bits per heavy atom. The Kier molecular flexibility index (Phi) is 4.35. The molecule has 8 aromatic rings. The van der Waals surface area contributed by atoms with Gasteiger partial charge in [0.05, 0.1) is 11.0 Å². The zero-order valence-corrected chi connectivity index (χ0v) is 22.0. The predicted molar refractivity (Wildman–Crippen MR) is 168 cm³/mol. The van der Waals surface area contributed by atoms with Crippen molar-refractivity contribution >= 4 is 86.5 Å². The fourth-order valence-electron chi connectivity index (χ4n) is 6.57. The van der Waals surface area contributed by atoms with Crippen LogP contribution in [-0.4, -0.2) is 4.57 Å². The van der Waals surface area contributed by atoms with Crippen molar-refractivity contribution in [2.45, 2.75) is 12.8 Å². The molecule has 3 aromatic heterocycles. The maximum Gasteiger partial charge on any atom is 0.143 e. The molecule has 0 N–H and O–H groups in total. The second-order valence-electron chi connectivity index (χ2n) is 10.4. The lowest BCUT2D eigenvalue weighted by atomic mass is 9.96. The topological polar surface area (TPSA) is 18.1 Å². The molecule has 2 nitrogen and oxygen atoms in total. The third-order valence-electron chi connectivity index (χ3n) is 8.27. The molecule has 0 amide bonds. The lowest BCUT2D eigenvalue weighted by Gasteiger charge is -2.18. The van der Waals surface area contributed by atoms with Crippen LogP contribution in [0.25, 0.3) is 75.2 Å². The van der Waals surface area contributed by atoms with Gasteiger partial charge in [-0.3, -0.25) is 0 Å². The first-order chi connectivity index (χ1) is 19.3. The van der Waals surface area contributed by atoms with Crippen LogP contribution >= 0.6 is 11.3 Å². The number of thiophene rings is 1. The second-order valence-corrected chi connectivity index (χ2v) is 11.5. The van der Waals surface area contributed by atoms with Gasteiger partial charge in [0.25, 0.3) is 0 Å². The Morgan fingerprint density at radius 1 is 0.641 bits per heavy atom. The SMILES string of the molecule is C1=C(c2cccc3c2oc2ccccc23)C=C(n2c3ccccc3c3c4sc5ccccc5c4ccc32)CC1. The zero-order chi connectivity index (χ0) is 25.5. The Morgan fingerprint density at radius 3 is 2.38 bits per heavy atom. The molecule has 3 heterocycles. The van der Waals surface area contributed by atoms with Crippen molar-refractivity contribution < 1.29 is 4.42 Å². The molecule has 184 valence electrons. The Bertz CT molecular complexity index is 2340. The molecule has 0 atom stereocenters. The number of nitrogens with zero attached hydrogens (tertiary/aromatic N) is 1. The Labute approximate surface area is 228 Å². The van der Waals surface area contributed by atoms with E-state index < -0.39 is 0 Å². The monoisotopic (exact) mass is 517 g/mol. The minimum absolute atomic E-state index is 0.940. The number of fused-ring (bicyclic) bond motifs is 10.